The molecule has 0 unspecified atom stereocenters. The number of carbonyl (C=O) groups is 3. The van der Waals surface area contributed by atoms with E-state index >= 15 is 0 Å². The molecule has 12 nitrogen and oxygen atoms in total. The first-order valence-electron chi connectivity index (χ1n) is 15.0. The molecule has 1 saturated heterocycles. The van der Waals surface area contributed by atoms with Gasteiger partial charge in [0.15, 0.2) is 5.78 Å². The summed E-state index contributed by atoms with van der Waals surface area (Å²) in [5.74, 6) is 0.596. The van der Waals surface area contributed by atoms with Gasteiger partial charge in [-0.3, -0.25) is 14.4 Å². The number of amides is 1. The van der Waals surface area contributed by atoms with Gasteiger partial charge in [-0.1, -0.05) is 6.58 Å². The number of hydrogen-bond donors (Lipinski definition) is 1. The van der Waals surface area contributed by atoms with Crippen molar-refractivity contribution in [3.05, 3.63) is 12.3 Å². The van der Waals surface area contributed by atoms with E-state index in [9.17, 15) is 14.4 Å². The summed E-state index contributed by atoms with van der Waals surface area (Å²) in [6, 6.07) is 0. The van der Waals surface area contributed by atoms with Crippen molar-refractivity contribution in [1.82, 2.24) is 5.32 Å². The minimum atomic E-state index is -0.512. The molecule has 43 heavy (non-hydrogen) atoms. The average molecular weight is 636 g/mol. The molecule has 13 heteroatoms. The largest absolute Gasteiger partial charge is 0.493 e. The van der Waals surface area contributed by atoms with E-state index in [1.807, 2.05) is 20.8 Å². The van der Waals surface area contributed by atoms with Gasteiger partial charge in [-0.15, -0.1) is 0 Å². The summed E-state index contributed by atoms with van der Waals surface area (Å²) in [7, 11) is 0. The van der Waals surface area contributed by atoms with Gasteiger partial charge >= 0.3 is 5.97 Å². The number of esters is 1. The fourth-order valence-corrected chi connectivity index (χ4v) is 4.64. The number of ketones is 1. The third-order valence-electron chi connectivity index (χ3n) is 5.61. The molecule has 0 aromatic heterocycles. The summed E-state index contributed by atoms with van der Waals surface area (Å²) in [6.45, 7) is 15.6. The zero-order chi connectivity index (χ0) is 31.6. The van der Waals surface area contributed by atoms with Gasteiger partial charge in [0.1, 0.15) is 12.2 Å². The van der Waals surface area contributed by atoms with E-state index in [0.717, 1.165) is 18.6 Å². The first-order valence-corrected chi connectivity index (χ1v) is 16.2. The maximum atomic E-state index is 12.3. The van der Waals surface area contributed by atoms with Crippen LogP contribution < -0.4 is 5.32 Å². The Kier molecular flexibility index (Phi) is 23.4. The molecule has 1 aliphatic heterocycles. The number of thioether (sulfide) groups is 1. The summed E-state index contributed by atoms with van der Waals surface area (Å²) < 4.78 is 43.8. The monoisotopic (exact) mass is 635 g/mol. The summed E-state index contributed by atoms with van der Waals surface area (Å²) in [5.41, 5.74) is -0.210. The van der Waals surface area contributed by atoms with Crippen LogP contribution in [0.25, 0.3) is 0 Å². The van der Waals surface area contributed by atoms with Gasteiger partial charge in [-0.2, -0.15) is 11.8 Å². The summed E-state index contributed by atoms with van der Waals surface area (Å²) in [5, 5.41) is 2.57. The predicted octanol–water partition coefficient (Wildman–Crippen LogP) is 2.57. The van der Waals surface area contributed by atoms with Crippen LogP contribution in [-0.2, 0) is 52.3 Å². The van der Waals surface area contributed by atoms with E-state index in [1.165, 1.54) is 11.8 Å². The molecule has 1 N–H and O–H groups in total. The summed E-state index contributed by atoms with van der Waals surface area (Å²) in [6.07, 6.45) is 2.05. The minimum Gasteiger partial charge on any atom is -0.493 e. The van der Waals surface area contributed by atoms with Crippen LogP contribution in [0.1, 0.15) is 46.5 Å². The van der Waals surface area contributed by atoms with E-state index in [2.05, 4.69) is 11.9 Å². The molecule has 250 valence electrons. The molecule has 1 atom stereocenters. The Morgan fingerprint density at radius 1 is 0.814 bits per heavy atom. The lowest BCUT2D eigenvalue weighted by molar-refractivity contribution is -0.150. The molecule has 1 amide bonds. The van der Waals surface area contributed by atoms with E-state index < -0.39 is 11.9 Å². The lowest BCUT2D eigenvalue weighted by atomic mass is 10.0. The second kappa shape index (κ2) is 25.6. The minimum absolute atomic E-state index is 0.0462. The number of rotatable bonds is 24. The van der Waals surface area contributed by atoms with Crippen molar-refractivity contribution in [2.75, 3.05) is 104 Å². The quantitative estimate of drug-likeness (QED) is 0.0948. The fraction of sp³-hybridized carbons (Fsp3) is 0.833. The Morgan fingerprint density at radius 3 is 1.81 bits per heavy atom. The highest BCUT2D eigenvalue weighted by molar-refractivity contribution is 7.99. The van der Waals surface area contributed by atoms with Gasteiger partial charge in [-0.05, 0) is 27.2 Å². The highest BCUT2D eigenvalue weighted by Crippen LogP contribution is 2.17. The molecule has 1 fully saturated rings. The molecule has 1 heterocycles. The summed E-state index contributed by atoms with van der Waals surface area (Å²) >= 11 is 1.47. The maximum absolute atomic E-state index is 12.3. The Hall–Kier alpha value is -1.74. The Bertz CT molecular complexity index is 776. The maximum Gasteiger partial charge on any atom is 0.310 e. The van der Waals surface area contributed by atoms with Crippen LogP contribution in [0.15, 0.2) is 12.3 Å². The Labute approximate surface area is 261 Å². The van der Waals surface area contributed by atoms with Crippen molar-refractivity contribution in [3.8, 4) is 0 Å². The number of ether oxygens (including phenoxy) is 8. The topological polar surface area (TPSA) is 137 Å². The van der Waals surface area contributed by atoms with E-state index in [-0.39, 0.29) is 43.5 Å². The SMILES string of the molecule is C=C(CCCOCCOCCOCCOCCOCCOCCOC(=O)[C@@H]1CSCCC(=O)NCC(=O)C1)OC(C)(C)C. The van der Waals surface area contributed by atoms with Crippen molar-refractivity contribution in [2.24, 2.45) is 5.92 Å². The van der Waals surface area contributed by atoms with Gasteiger partial charge in [-0.25, -0.2) is 0 Å². The molecular formula is C30H53NO11S. The number of carbonyl (C=O) groups excluding carboxylic acids is 3. The molecule has 0 bridgehead atoms. The van der Waals surface area contributed by atoms with Crippen LogP contribution in [0.5, 0.6) is 0 Å². The molecule has 1 rings (SSSR count). The standard InChI is InChI=1S/C30H53NO11S/c1-25(42-30(2,3)4)6-5-8-35-9-10-36-11-12-37-13-14-38-15-16-39-17-18-40-19-20-41-29(34)26-22-27(32)23-31-28(33)7-21-43-24-26/h26H,1,5-24H2,2-4H3,(H,31,33)/t26-/m0/s1. The van der Waals surface area contributed by atoms with Crippen LogP contribution >= 0.6 is 11.8 Å². The smallest absolute Gasteiger partial charge is 0.310 e. The first-order chi connectivity index (χ1) is 20.7. The third kappa shape index (κ3) is 25.3. The first kappa shape index (κ1) is 39.3. The molecule has 0 radical (unpaired) electrons. The van der Waals surface area contributed by atoms with Gasteiger partial charge in [0.25, 0.3) is 0 Å². The molecule has 0 aromatic rings. The van der Waals surface area contributed by atoms with Crippen LogP contribution in [0, 0.1) is 5.92 Å². The summed E-state index contributed by atoms with van der Waals surface area (Å²) in [4.78, 5) is 35.8. The third-order valence-corrected chi connectivity index (χ3v) is 6.74. The van der Waals surface area contributed by atoms with Crippen molar-refractivity contribution in [2.45, 2.75) is 52.1 Å². The molecule has 0 spiro atoms. The lowest BCUT2D eigenvalue weighted by Gasteiger charge is -2.22. The highest BCUT2D eigenvalue weighted by atomic mass is 32.2. The highest BCUT2D eigenvalue weighted by Gasteiger charge is 2.24. The van der Waals surface area contributed by atoms with Gasteiger partial charge in [0, 0.05) is 37.4 Å². The Balaban J connectivity index is 1.81. The molecular weight excluding hydrogens is 582 g/mol. The van der Waals surface area contributed by atoms with E-state index in [4.69, 9.17) is 37.9 Å². The van der Waals surface area contributed by atoms with Crippen molar-refractivity contribution in [3.63, 3.8) is 0 Å². The van der Waals surface area contributed by atoms with Crippen LogP contribution in [0.4, 0.5) is 0 Å². The predicted molar refractivity (Wildman–Crippen MR) is 163 cm³/mol. The number of hydrogen-bond acceptors (Lipinski definition) is 12. The molecule has 0 aromatic carbocycles. The number of allylic oxidation sites excluding steroid dienone is 1. The Morgan fingerprint density at radius 2 is 1.30 bits per heavy atom. The van der Waals surface area contributed by atoms with Gasteiger partial charge < -0.3 is 43.2 Å². The van der Waals surface area contributed by atoms with Crippen molar-refractivity contribution >= 4 is 29.4 Å². The van der Waals surface area contributed by atoms with Crippen molar-refractivity contribution in [1.29, 1.82) is 0 Å². The zero-order valence-corrected chi connectivity index (χ0v) is 27.1. The fourth-order valence-electron chi connectivity index (χ4n) is 3.61. The molecule has 0 saturated carbocycles. The zero-order valence-electron chi connectivity index (χ0n) is 26.3. The number of Topliss-reactive ketones (excluding diaryl/α,β-unsaturated/α-hetero) is 1. The van der Waals surface area contributed by atoms with Crippen LogP contribution in [0.2, 0.25) is 0 Å². The van der Waals surface area contributed by atoms with E-state index in [1.54, 1.807) is 0 Å². The van der Waals surface area contributed by atoms with E-state index in [0.29, 0.717) is 90.6 Å². The molecule has 1 aliphatic rings. The lowest BCUT2D eigenvalue weighted by Crippen LogP contribution is -2.34. The van der Waals surface area contributed by atoms with Gasteiger partial charge in [0.2, 0.25) is 5.91 Å². The average Bonchev–Trinajstić information content (AvgIpc) is 2.95. The number of nitrogens with one attached hydrogen (secondary N) is 1. The second-order valence-corrected chi connectivity index (χ2v) is 11.9. The van der Waals surface area contributed by atoms with Gasteiger partial charge in [0.05, 0.1) is 90.9 Å². The molecule has 0 aliphatic carbocycles. The van der Waals surface area contributed by atoms with Crippen LogP contribution in [-0.4, -0.2) is 127 Å². The van der Waals surface area contributed by atoms with Crippen molar-refractivity contribution < 1.29 is 52.3 Å². The van der Waals surface area contributed by atoms with Crippen LogP contribution in [0.3, 0.4) is 0 Å². The normalized spacial score (nSPS) is 16.5. The second-order valence-electron chi connectivity index (χ2n) is 10.7.